The van der Waals surface area contributed by atoms with Crippen molar-refractivity contribution in [2.45, 2.75) is 13.8 Å². The second kappa shape index (κ2) is 13.6. The van der Waals surface area contributed by atoms with Crippen LogP contribution in [0.4, 0.5) is 17.1 Å². The van der Waals surface area contributed by atoms with Gasteiger partial charge in [0.2, 0.25) is 0 Å². The number of hydrogen-bond donors (Lipinski definition) is 0. The predicted octanol–water partition coefficient (Wildman–Crippen LogP) is 17.6. The van der Waals surface area contributed by atoms with Crippen molar-refractivity contribution in [2.24, 2.45) is 0 Å². The topological polar surface area (TPSA) is 17.4 Å². The summed E-state index contributed by atoms with van der Waals surface area (Å²) in [7, 11) is 0. The number of benzene rings is 12. The summed E-state index contributed by atoms with van der Waals surface area (Å²) in [5.74, 6) is 1.72. The molecule has 0 spiro atoms. The van der Waals surface area contributed by atoms with Gasteiger partial charge in [-0.1, -0.05) is 133 Å². The first-order chi connectivity index (χ1) is 32.0. The first kappa shape index (κ1) is 36.1. The summed E-state index contributed by atoms with van der Waals surface area (Å²) in [6.45, 7) is 4.36. The minimum Gasteiger partial charge on any atom is -0.452 e. The van der Waals surface area contributed by atoms with Gasteiger partial charge in [0, 0.05) is 27.5 Å². The van der Waals surface area contributed by atoms with Crippen LogP contribution in [0, 0.1) is 13.8 Å². The Morgan fingerprint density at radius 1 is 0.323 bits per heavy atom. The molecule has 65 heavy (non-hydrogen) atoms. The van der Waals surface area contributed by atoms with Crippen molar-refractivity contribution in [1.82, 2.24) is 4.57 Å². The van der Waals surface area contributed by atoms with Gasteiger partial charge in [-0.15, -0.1) is 0 Å². The molecule has 0 saturated carbocycles. The highest BCUT2D eigenvalue weighted by Crippen LogP contribution is 2.54. The number of rotatable bonds is 3. The maximum atomic E-state index is 6.97. The standard InChI is InChI=1S/C62H40N2O/c1-37-29-45-21-27-58-62(53(45)30-38(37)2)65-61-28-22-44(35-60(61)64(58)46-23-19-39-11-3-4-12-40(39)31-46)43-20-26-57-55(33-43)56-32-41-13-5-6-14-42(41)34-59(56)63(57)47-24-25-52-50-17-8-7-15-48(50)49-16-9-10-18-51(49)54(52)36-47/h3-36H,1-2H3. The molecule has 0 atom stereocenters. The molecule has 0 amide bonds. The van der Waals surface area contributed by atoms with Crippen molar-refractivity contribution in [3.8, 4) is 28.3 Å². The Bertz CT molecular complexity index is 4160. The highest BCUT2D eigenvalue weighted by molar-refractivity contribution is 6.26. The Morgan fingerprint density at radius 3 is 1.68 bits per heavy atom. The van der Waals surface area contributed by atoms with Gasteiger partial charge in [0.25, 0.3) is 0 Å². The summed E-state index contributed by atoms with van der Waals surface area (Å²) >= 11 is 0. The number of ether oxygens (including phenoxy) is 1. The zero-order valence-electron chi connectivity index (χ0n) is 35.9. The third-order valence-electron chi connectivity index (χ3n) is 14.2. The average molecular weight is 829 g/mol. The van der Waals surface area contributed by atoms with E-state index >= 15 is 0 Å². The predicted molar refractivity (Wildman–Crippen MR) is 275 cm³/mol. The Labute approximate surface area is 375 Å². The van der Waals surface area contributed by atoms with Crippen LogP contribution < -0.4 is 9.64 Å². The molecular weight excluding hydrogens is 789 g/mol. The van der Waals surface area contributed by atoms with Crippen LogP contribution in [0.2, 0.25) is 0 Å². The molecule has 12 aromatic carbocycles. The summed E-state index contributed by atoms with van der Waals surface area (Å²) in [5.41, 5.74) is 11.5. The second-order valence-electron chi connectivity index (χ2n) is 17.8. The average Bonchev–Trinajstić information content (AvgIpc) is 3.67. The Balaban J connectivity index is 0.976. The van der Waals surface area contributed by atoms with Crippen molar-refractivity contribution < 1.29 is 4.74 Å². The van der Waals surface area contributed by atoms with Crippen LogP contribution in [0.5, 0.6) is 11.5 Å². The SMILES string of the molecule is Cc1cc2ccc3c(c2cc1C)Oc1ccc(-c2ccc4c(c2)c2cc5ccccc5cc2n4-c2ccc4c5ccccc5c5ccccc5c4c2)cc1N3c1ccc2ccccc2c1. The summed E-state index contributed by atoms with van der Waals surface area (Å²) in [5, 5.41) is 17.3. The molecule has 1 aliphatic rings. The number of hydrogen-bond acceptors (Lipinski definition) is 2. The van der Waals surface area contributed by atoms with Crippen LogP contribution in [0.15, 0.2) is 206 Å². The third kappa shape index (κ3) is 5.36. The molecule has 0 N–H and O–H groups in total. The van der Waals surface area contributed by atoms with Gasteiger partial charge in [-0.2, -0.15) is 0 Å². The highest BCUT2D eigenvalue weighted by Gasteiger charge is 2.29. The van der Waals surface area contributed by atoms with Crippen molar-refractivity contribution >= 4 is 104 Å². The third-order valence-corrected chi connectivity index (χ3v) is 14.2. The quantitative estimate of drug-likeness (QED) is 0.165. The van der Waals surface area contributed by atoms with Crippen molar-refractivity contribution in [1.29, 1.82) is 0 Å². The summed E-state index contributed by atoms with van der Waals surface area (Å²) in [4.78, 5) is 2.39. The lowest BCUT2D eigenvalue weighted by molar-refractivity contribution is 0.482. The molecule has 3 heteroatoms. The molecule has 13 aromatic rings. The largest absolute Gasteiger partial charge is 0.452 e. The lowest BCUT2D eigenvalue weighted by Crippen LogP contribution is -2.16. The minimum absolute atomic E-state index is 0.834. The molecule has 304 valence electrons. The van der Waals surface area contributed by atoms with Crippen LogP contribution in [0.3, 0.4) is 0 Å². The summed E-state index contributed by atoms with van der Waals surface area (Å²) in [6.07, 6.45) is 0. The number of anilines is 3. The van der Waals surface area contributed by atoms with E-state index < -0.39 is 0 Å². The summed E-state index contributed by atoms with van der Waals surface area (Å²) in [6, 6.07) is 76.2. The van der Waals surface area contributed by atoms with E-state index in [0.717, 1.165) is 50.8 Å². The Hall–Kier alpha value is -8.40. The van der Waals surface area contributed by atoms with Gasteiger partial charge in [-0.25, -0.2) is 0 Å². The zero-order chi connectivity index (χ0) is 42.9. The van der Waals surface area contributed by atoms with E-state index in [9.17, 15) is 0 Å². The van der Waals surface area contributed by atoms with Crippen LogP contribution in [-0.4, -0.2) is 4.57 Å². The number of nitrogens with zero attached hydrogens (tertiary/aromatic N) is 2. The summed E-state index contributed by atoms with van der Waals surface area (Å²) < 4.78 is 9.44. The van der Waals surface area contributed by atoms with Crippen molar-refractivity contribution in [3.63, 3.8) is 0 Å². The fraction of sp³-hybridized carbons (Fsp3) is 0.0323. The molecule has 1 aliphatic heterocycles. The molecule has 0 saturated heterocycles. The molecule has 0 aliphatic carbocycles. The van der Waals surface area contributed by atoms with Crippen LogP contribution in [-0.2, 0) is 0 Å². The zero-order valence-corrected chi connectivity index (χ0v) is 35.9. The van der Waals surface area contributed by atoms with E-state index in [2.05, 4.69) is 230 Å². The monoisotopic (exact) mass is 828 g/mol. The number of aryl methyl sites for hydroxylation is 2. The van der Waals surface area contributed by atoms with E-state index in [-0.39, 0.29) is 0 Å². The highest BCUT2D eigenvalue weighted by atomic mass is 16.5. The van der Waals surface area contributed by atoms with Gasteiger partial charge in [-0.05, 0) is 168 Å². The van der Waals surface area contributed by atoms with Gasteiger partial charge in [-0.3, -0.25) is 0 Å². The fourth-order valence-corrected chi connectivity index (χ4v) is 10.8. The van der Waals surface area contributed by atoms with Gasteiger partial charge < -0.3 is 14.2 Å². The molecule has 2 heterocycles. The van der Waals surface area contributed by atoms with E-state index in [1.165, 1.54) is 92.2 Å². The maximum Gasteiger partial charge on any atom is 0.159 e. The van der Waals surface area contributed by atoms with E-state index in [1.807, 2.05) is 0 Å². The molecular formula is C62H40N2O. The fourth-order valence-electron chi connectivity index (χ4n) is 10.8. The van der Waals surface area contributed by atoms with Gasteiger partial charge in [0.05, 0.1) is 22.4 Å². The first-order valence-corrected chi connectivity index (χ1v) is 22.5. The van der Waals surface area contributed by atoms with E-state index in [0.29, 0.717) is 0 Å². The van der Waals surface area contributed by atoms with E-state index in [1.54, 1.807) is 0 Å². The normalized spacial score (nSPS) is 12.6. The van der Waals surface area contributed by atoms with Crippen LogP contribution in [0.1, 0.15) is 11.1 Å². The molecule has 0 radical (unpaired) electrons. The lowest BCUT2D eigenvalue weighted by Gasteiger charge is -2.34. The van der Waals surface area contributed by atoms with Crippen LogP contribution >= 0.6 is 0 Å². The molecule has 14 rings (SSSR count). The van der Waals surface area contributed by atoms with Gasteiger partial charge in [0.15, 0.2) is 11.5 Å². The van der Waals surface area contributed by atoms with Crippen molar-refractivity contribution in [3.05, 3.63) is 217 Å². The van der Waals surface area contributed by atoms with Gasteiger partial charge in [0.1, 0.15) is 0 Å². The molecule has 3 nitrogen and oxygen atoms in total. The molecule has 1 aromatic heterocycles. The van der Waals surface area contributed by atoms with Crippen molar-refractivity contribution in [2.75, 3.05) is 4.90 Å². The van der Waals surface area contributed by atoms with E-state index in [4.69, 9.17) is 4.74 Å². The number of aromatic nitrogens is 1. The Kier molecular flexibility index (Phi) is 7.53. The smallest absolute Gasteiger partial charge is 0.159 e. The second-order valence-corrected chi connectivity index (χ2v) is 17.8. The number of fused-ring (bicyclic) bond motifs is 15. The molecule has 0 fully saturated rings. The Morgan fingerprint density at radius 2 is 0.908 bits per heavy atom. The molecule has 0 bridgehead atoms. The first-order valence-electron chi connectivity index (χ1n) is 22.5. The van der Waals surface area contributed by atoms with Gasteiger partial charge >= 0.3 is 0 Å². The minimum atomic E-state index is 0.834. The lowest BCUT2D eigenvalue weighted by atomic mass is 9.94. The van der Waals surface area contributed by atoms with Crippen LogP contribution in [0.25, 0.3) is 103 Å². The molecule has 0 unspecified atom stereocenters. The maximum absolute atomic E-state index is 6.97.